The largest absolute Gasteiger partial charge is 0.378 e. The quantitative estimate of drug-likeness (QED) is 0.866. The van der Waals surface area contributed by atoms with E-state index in [9.17, 15) is 0 Å². The fourth-order valence-corrected chi connectivity index (χ4v) is 3.37. The number of anilines is 1. The molecule has 0 aromatic heterocycles. The maximum Gasteiger partial charge on any atom is 0.0361 e. The van der Waals surface area contributed by atoms with Crippen molar-refractivity contribution in [3.8, 4) is 0 Å². The lowest BCUT2D eigenvalue weighted by Crippen LogP contribution is -2.39. The monoisotopic (exact) mass is 275 g/mol. The highest BCUT2D eigenvalue weighted by atomic mass is 15.2. The van der Waals surface area contributed by atoms with Crippen molar-refractivity contribution < 1.29 is 0 Å². The molecule has 0 aliphatic heterocycles. The molecule has 0 bridgehead atoms. The van der Waals surface area contributed by atoms with Crippen molar-refractivity contribution >= 4 is 5.69 Å². The van der Waals surface area contributed by atoms with Crippen molar-refractivity contribution in [3.63, 3.8) is 0 Å². The van der Waals surface area contributed by atoms with Gasteiger partial charge in [-0.2, -0.15) is 0 Å². The summed E-state index contributed by atoms with van der Waals surface area (Å²) in [5, 5.41) is 0. The standard InChI is InChI=1S/C17H29N3/c1-4-20(17-7-5-6-15(17)12-18)13-14-8-10-16(11-9-14)19(2)3/h8-11,15,17H,4-7,12-13,18H2,1-3H3. The van der Waals surface area contributed by atoms with E-state index in [2.05, 4.69) is 55.1 Å². The van der Waals surface area contributed by atoms with E-state index < -0.39 is 0 Å². The first kappa shape index (κ1) is 15.3. The van der Waals surface area contributed by atoms with Crippen LogP contribution in [-0.4, -0.2) is 38.1 Å². The molecule has 0 spiro atoms. The summed E-state index contributed by atoms with van der Waals surface area (Å²) < 4.78 is 0. The fraction of sp³-hybridized carbons (Fsp3) is 0.647. The zero-order valence-electron chi connectivity index (χ0n) is 13.2. The number of benzene rings is 1. The van der Waals surface area contributed by atoms with E-state index in [1.165, 1.54) is 30.5 Å². The van der Waals surface area contributed by atoms with Crippen molar-refractivity contribution in [2.75, 3.05) is 32.1 Å². The summed E-state index contributed by atoms with van der Waals surface area (Å²) in [7, 11) is 4.16. The van der Waals surface area contributed by atoms with Crippen LogP contribution in [0.4, 0.5) is 5.69 Å². The molecule has 3 nitrogen and oxygen atoms in total. The maximum atomic E-state index is 5.93. The summed E-state index contributed by atoms with van der Waals surface area (Å²) in [4.78, 5) is 4.75. The minimum absolute atomic E-state index is 0.679. The Morgan fingerprint density at radius 1 is 1.15 bits per heavy atom. The maximum absolute atomic E-state index is 5.93. The second-order valence-electron chi connectivity index (χ2n) is 6.12. The van der Waals surface area contributed by atoms with Gasteiger partial charge in [-0.1, -0.05) is 25.5 Å². The molecule has 1 fully saturated rings. The molecule has 0 heterocycles. The van der Waals surface area contributed by atoms with Crippen molar-refractivity contribution in [2.45, 2.75) is 38.8 Å². The molecule has 20 heavy (non-hydrogen) atoms. The van der Waals surface area contributed by atoms with E-state index in [4.69, 9.17) is 5.73 Å². The summed E-state index contributed by atoms with van der Waals surface area (Å²) in [5.74, 6) is 0.691. The highest BCUT2D eigenvalue weighted by Gasteiger charge is 2.30. The van der Waals surface area contributed by atoms with Crippen LogP contribution in [0.2, 0.25) is 0 Å². The predicted octanol–water partition coefficient (Wildman–Crippen LogP) is 2.70. The minimum atomic E-state index is 0.679. The molecule has 0 amide bonds. The first-order valence-electron chi connectivity index (χ1n) is 7.86. The molecule has 2 rings (SSSR count). The third-order valence-corrected chi connectivity index (χ3v) is 4.64. The minimum Gasteiger partial charge on any atom is -0.378 e. The van der Waals surface area contributed by atoms with E-state index in [0.717, 1.165) is 19.6 Å². The van der Waals surface area contributed by atoms with Crippen LogP contribution in [0.5, 0.6) is 0 Å². The topological polar surface area (TPSA) is 32.5 Å². The molecule has 2 atom stereocenters. The summed E-state index contributed by atoms with van der Waals surface area (Å²) in [6.45, 7) is 5.25. The third kappa shape index (κ3) is 3.53. The Labute approximate surface area is 123 Å². The molecule has 112 valence electrons. The third-order valence-electron chi connectivity index (χ3n) is 4.64. The molecule has 3 heteroatoms. The Morgan fingerprint density at radius 3 is 2.40 bits per heavy atom. The lowest BCUT2D eigenvalue weighted by Gasteiger charge is -2.32. The molecule has 2 unspecified atom stereocenters. The van der Waals surface area contributed by atoms with E-state index in [1.54, 1.807) is 0 Å². The average molecular weight is 275 g/mol. The summed E-state index contributed by atoms with van der Waals surface area (Å²) in [6.07, 6.45) is 3.95. The van der Waals surface area contributed by atoms with E-state index >= 15 is 0 Å². The molecular weight excluding hydrogens is 246 g/mol. The normalized spacial score (nSPS) is 22.4. The van der Waals surface area contributed by atoms with Crippen molar-refractivity contribution in [3.05, 3.63) is 29.8 Å². The molecular formula is C17H29N3. The summed E-state index contributed by atoms with van der Waals surface area (Å²) in [5.41, 5.74) is 8.60. The first-order valence-corrected chi connectivity index (χ1v) is 7.86. The highest BCUT2D eigenvalue weighted by Crippen LogP contribution is 2.30. The zero-order valence-corrected chi connectivity index (χ0v) is 13.2. The Balaban J connectivity index is 2.02. The van der Waals surface area contributed by atoms with Gasteiger partial charge in [0.2, 0.25) is 0 Å². The van der Waals surface area contributed by atoms with Gasteiger partial charge in [0.05, 0.1) is 0 Å². The highest BCUT2D eigenvalue weighted by molar-refractivity contribution is 5.45. The second kappa shape index (κ2) is 7.09. The van der Waals surface area contributed by atoms with Gasteiger partial charge in [0, 0.05) is 32.4 Å². The van der Waals surface area contributed by atoms with Gasteiger partial charge in [0.15, 0.2) is 0 Å². The number of hydrogen-bond donors (Lipinski definition) is 1. The van der Waals surface area contributed by atoms with Gasteiger partial charge in [0.25, 0.3) is 0 Å². The van der Waals surface area contributed by atoms with Crippen LogP contribution in [-0.2, 0) is 6.54 Å². The van der Waals surface area contributed by atoms with Gasteiger partial charge < -0.3 is 10.6 Å². The average Bonchev–Trinajstić information content (AvgIpc) is 2.93. The number of rotatable bonds is 6. The Bertz CT molecular complexity index is 399. The zero-order chi connectivity index (χ0) is 14.5. The molecule has 1 aromatic rings. The van der Waals surface area contributed by atoms with E-state index in [-0.39, 0.29) is 0 Å². The number of nitrogens with two attached hydrogens (primary N) is 1. The molecule has 1 aliphatic rings. The molecule has 0 saturated heterocycles. The lowest BCUT2D eigenvalue weighted by atomic mass is 10.0. The Hall–Kier alpha value is -1.06. The van der Waals surface area contributed by atoms with Gasteiger partial charge in [-0.25, -0.2) is 0 Å². The van der Waals surface area contributed by atoms with Crippen LogP contribution in [0.25, 0.3) is 0 Å². The van der Waals surface area contributed by atoms with E-state index in [0.29, 0.717) is 12.0 Å². The second-order valence-corrected chi connectivity index (χ2v) is 6.12. The summed E-state index contributed by atoms with van der Waals surface area (Å²) in [6, 6.07) is 9.60. The van der Waals surface area contributed by atoms with Crippen molar-refractivity contribution in [2.24, 2.45) is 11.7 Å². The Morgan fingerprint density at radius 2 is 1.85 bits per heavy atom. The molecule has 1 aromatic carbocycles. The van der Waals surface area contributed by atoms with Gasteiger partial charge in [-0.05, 0) is 49.5 Å². The predicted molar refractivity (Wildman–Crippen MR) is 87.0 cm³/mol. The fourth-order valence-electron chi connectivity index (χ4n) is 3.37. The van der Waals surface area contributed by atoms with Gasteiger partial charge in [-0.3, -0.25) is 4.90 Å². The molecule has 2 N–H and O–H groups in total. The molecule has 1 aliphatic carbocycles. The van der Waals surface area contributed by atoms with Crippen LogP contribution < -0.4 is 10.6 Å². The van der Waals surface area contributed by atoms with Gasteiger partial charge >= 0.3 is 0 Å². The first-order chi connectivity index (χ1) is 9.65. The van der Waals surface area contributed by atoms with E-state index in [1.807, 2.05) is 0 Å². The molecule has 1 saturated carbocycles. The number of hydrogen-bond acceptors (Lipinski definition) is 3. The van der Waals surface area contributed by atoms with Crippen LogP contribution in [0.15, 0.2) is 24.3 Å². The van der Waals surface area contributed by atoms with Gasteiger partial charge in [-0.15, -0.1) is 0 Å². The smallest absolute Gasteiger partial charge is 0.0361 e. The van der Waals surface area contributed by atoms with Crippen LogP contribution in [0, 0.1) is 5.92 Å². The lowest BCUT2D eigenvalue weighted by molar-refractivity contribution is 0.162. The molecule has 0 radical (unpaired) electrons. The van der Waals surface area contributed by atoms with Crippen LogP contribution in [0.3, 0.4) is 0 Å². The van der Waals surface area contributed by atoms with Gasteiger partial charge in [0.1, 0.15) is 0 Å². The summed E-state index contributed by atoms with van der Waals surface area (Å²) >= 11 is 0. The van der Waals surface area contributed by atoms with Crippen LogP contribution in [0.1, 0.15) is 31.7 Å². The number of nitrogens with zero attached hydrogens (tertiary/aromatic N) is 2. The van der Waals surface area contributed by atoms with Crippen molar-refractivity contribution in [1.29, 1.82) is 0 Å². The SMILES string of the molecule is CCN(Cc1ccc(N(C)C)cc1)C1CCCC1CN. The van der Waals surface area contributed by atoms with Crippen molar-refractivity contribution in [1.82, 2.24) is 4.90 Å². The Kier molecular flexibility index (Phi) is 5.44. The van der Waals surface area contributed by atoms with Crippen LogP contribution >= 0.6 is 0 Å².